The van der Waals surface area contributed by atoms with Crippen molar-refractivity contribution < 1.29 is 9.13 Å². The van der Waals surface area contributed by atoms with E-state index in [4.69, 9.17) is 9.13 Å². The Morgan fingerprint density at radius 2 is 1.46 bits per heavy atom. The fourth-order valence-electron chi connectivity index (χ4n) is 0.567. The second-order valence-electron chi connectivity index (χ2n) is 1.69. The summed E-state index contributed by atoms with van der Waals surface area (Å²) in [5, 5.41) is 0.952. The van der Waals surface area contributed by atoms with Crippen molar-refractivity contribution in [3.8, 4) is 0 Å². The summed E-state index contributed by atoms with van der Waals surface area (Å²) >= 11 is 3.36. The molecule has 0 atom stereocenters. The maximum absolute atomic E-state index is 8.35. The molecule has 75 valence electrons. The van der Waals surface area contributed by atoms with Crippen molar-refractivity contribution in [1.82, 2.24) is 0 Å². The first-order chi connectivity index (χ1) is 5.35. The van der Waals surface area contributed by atoms with Crippen LogP contribution in [0.4, 0.5) is 0 Å². The molecule has 0 aliphatic rings. The zero-order valence-corrected chi connectivity index (χ0v) is 10.7. The third-order valence-corrected chi connectivity index (χ3v) is 1.64. The monoisotopic (exact) mass is 305 g/mol. The molecule has 0 aliphatic carbocycles. The molecule has 0 N–H and O–H groups in total. The van der Waals surface area contributed by atoms with Crippen LogP contribution in [0.1, 0.15) is 5.56 Å². The van der Waals surface area contributed by atoms with Crippen LogP contribution in [0.15, 0.2) is 30.3 Å². The van der Waals surface area contributed by atoms with Crippen LogP contribution in [0.5, 0.6) is 0 Å². The van der Waals surface area contributed by atoms with Crippen molar-refractivity contribution in [2.24, 2.45) is 0 Å². The summed E-state index contributed by atoms with van der Waals surface area (Å²) < 4.78 is 16.7. The predicted octanol–water partition coefficient (Wildman–Crippen LogP) is 4.05. The molecule has 1 aromatic rings. The number of hydrogen-bond acceptors (Lipinski definition) is 2. The second-order valence-corrected chi connectivity index (χ2v) is 2.40. The molecule has 13 heavy (non-hydrogen) atoms. The van der Waals surface area contributed by atoms with Crippen LogP contribution in [-0.4, -0.2) is 0 Å². The van der Waals surface area contributed by atoms with E-state index in [1.54, 1.807) is 0 Å². The number of alkyl halides is 1. The molecule has 0 bridgehead atoms. The SMILES string of the molecule is BrCc1ccccc1.Cl.Cl.O=[P]=O. The predicted molar refractivity (Wildman–Crippen MR) is 61.9 cm³/mol. The van der Waals surface area contributed by atoms with Crippen molar-refractivity contribution in [2.75, 3.05) is 0 Å². The van der Waals surface area contributed by atoms with Gasteiger partial charge in [0.25, 0.3) is 0 Å². The van der Waals surface area contributed by atoms with Gasteiger partial charge in [0, 0.05) is 5.33 Å². The summed E-state index contributed by atoms with van der Waals surface area (Å²) in [6.07, 6.45) is 0. The molecule has 0 heterocycles. The van der Waals surface area contributed by atoms with Gasteiger partial charge >= 0.3 is 17.5 Å². The summed E-state index contributed by atoms with van der Waals surface area (Å²) in [5.74, 6) is 0. The third kappa shape index (κ3) is 12.3. The molecule has 1 rings (SSSR count). The number of rotatable bonds is 1. The van der Waals surface area contributed by atoms with E-state index in [0.29, 0.717) is 0 Å². The van der Waals surface area contributed by atoms with Crippen LogP contribution in [0.25, 0.3) is 0 Å². The van der Waals surface area contributed by atoms with Gasteiger partial charge in [-0.3, -0.25) is 0 Å². The average molecular weight is 307 g/mol. The van der Waals surface area contributed by atoms with Crippen LogP contribution in [0.3, 0.4) is 0 Å². The first-order valence-electron chi connectivity index (χ1n) is 2.90. The van der Waals surface area contributed by atoms with E-state index in [9.17, 15) is 0 Å². The van der Waals surface area contributed by atoms with E-state index in [0.717, 1.165) is 5.33 Å². The van der Waals surface area contributed by atoms with E-state index >= 15 is 0 Å². The molecular formula is C7H9BrCl2O2P. The molecule has 2 nitrogen and oxygen atoms in total. The average Bonchev–Trinajstić information content (AvgIpc) is 2.08. The second kappa shape index (κ2) is 14.8. The quantitative estimate of drug-likeness (QED) is 0.579. The molecule has 6 heteroatoms. The van der Waals surface area contributed by atoms with Crippen molar-refractivity contribution in [1.29, 1.82) is 0 Å². The maximum atomic E-state index is 8.35. The zero-order valence-electron chi connectivity index (χ0n) is 6.55. The van der Waals surface area contributed by atoms with Gasteiger partial charge in [0.05, 0.1) is 0 Å². The Morgan fingerprint density at radius 3 is 1.69 bits per heavy atom. The zero-order chi connectivity index (χ0) is 8.53. The molecule has 0 unspecified atom stereocenters. The van der Waals surface area contributed by atoms with Gasteiger partial charge in [-0.15, -0.1) is 24.8 Å². The first-order valence-corrected chi connectivity index (χ1v) is 4.75. The number of halogens is 3. The van der Waals surface area contributed by atoms with Gasteiger partial charge in [0.2, 0.25) is 0 Å². The minimum atomic E-state index is -1.08. The summed E-state index contributed by atoms with van der Waals surface area (Å²) in [6, 6.07) is 10.3. The fourth-order valence-corrected chi connectivity index (χ4v) is 0.941. The molecule has 0 saturated heterocycles. The fraction of sp³-hybridized carbons (Fsp3) is 0.143. The van der Waals surface area contributed by atoms with E-state index < -0.39 is 8.34 Å². The summed E-state index contributed by atoms with van der Waals surface area (Å²) in [5.41, 5.74) is 1.33. The topological polar surface area (TPSA) is 34.1 Å². The van der Waals surface area contributed by atoms with Crippen LogP contribution in [0.2, 0.25) is 0 Å². The van der Waals surface area contributed by atoms with Crippen molar-refractivity contribution >= 4 is 49.1 Å². The Bertz CT molecular complexity index is 227. The van der Waals surface area contributed by atoms with Crippen molar-refractivity contribution in [3.63, 3.8) is 0 Å². The Kier molecular flexibility index (Phi) is 21.6. The van der Waals surface area contributed by atoms with Crippen LogP contribution < -0.4 is 0 Å². The van der Waals surface area contributed by atoms with Gasteiger partial charge in [0.1, 0.15) is 0 Å². The van der Waals surface area contributed by atoms with Gasteiger partial charge in [0.15, 0.2) is 0 Å². The Hall–Kier alpha value is 0.310. The third-order valence-electron chi connectivity index (χ3n) is 0.997. The van der Waals surface area contributed by atoms with Crippen molar-refractivity contribution in [3.05, 3.63) is 35.9 Å². The Balaban J connectivity index is -0.000000180. The normalized spacial score (nSPS) is 6.23. The summed E-state index contributed by atoms with van der Waals surface area (Å²) in [6.45, 7) is 0. The number of benzene rings is 1. The van der Waals surface area contributed by atoms with E-state index in [1.807, 2.05) is 18.2 Å². The molecule has 0 aromatic heterocycles. The molecule has 0 saturated carbocycles. The van der Waals surface area contributed by atoms with E-state index in [-0.39, 0.29) is 24.8 Å². The Labute approximate surface area is 99.3 Å². The van der Waals surface area contributed by atoms with Crippen LogP contribution in [0, 0.1) is 0 Å². The summed E-state index contributed by atoms with van der Waals surface area (Å²) in [4.78, 5) is 0. The van der Waals surface area contributed by atoms with Gasteiger partial charge in [-0.05, 0) is 5.56 Å². The van der Waals surface area contributed by atoms with Gasteiger partial charge in [-0.1, -0.05) is 46.3 Å². The molecule has 1 radical (unpaired) electrons. The van der Waals surface area contributed by atoms with Gasteiger partial charge in [-0.2, -0.15) is 0 Å². The molecule has 0 amide bonds. The van der Waals surface area contributed by atoms with E-state index in [1.165, 1.54) is 5.56 Å². The minimum absolute atomic E-state index is 0. The van der Waals surface area contributed by atoms with Crippen LogP contribution >= 0.6 is 49.1 Å². The molecule has 0 aliphatic heterocycles. The molecule has 0 spiro atoms. The van der Waals surface area contributed by atoms with Crippen molar-refractivity contribution in [2.45, 2.75) is 5.33 Å². The molecular weight excluding hydrogens is 298 g/mol. The number of hydrogen-bond donors (Lipinski definition) is 0. The van der Waals surface area contributed by atoms with E-state index in [2.05, 4.69) is 28.1 Å². The van der Waals surface area contributed by atoms with Crippen LogP contribution in [-0.2, 0) is 14.5 Å². The van der Waals surface area contributed by atoms with Gasteiger partial charge < -0.3 is 0 Å². The summed E-state index contributed by atoms with van der Waals surface area (Å²) in [7, 11) is -1.08. The standard InChI is InChI=1S/C7H7Br.2ClH.O2P/c8-6-7-4-2-1-3-5-7;;;1-3-2/h1-5H,6H2;2*1H;. The molecule has 1 aromatic carbocycles. The van der Waals surface area contributed by atoms with Gasteiger partial charge in [-0.25, -0.2) is 0 Å². The molecule has 0 fully saturated rings. The first kappa shape index (κ1) is 19.0. The Morgan fingerprint density at radius 1 is 1.08 bits per heavy atom.